The number of piperazine rings is 2. The quantitative estimate of drug-likeness (QED) is 0.306. The fraction of sp³-hybridized carbons (Fsp3) is 0.467. The lowest BCUT2D eigenvalue weighted by Crippen LogP contribution is -2.61. The first-order chi connectivity index (χ1) is 29.9. The molecule has 0 radical (unpaired) electrons. The molecule has 5 aliphatic heterocycles. The van der Waals surface area contributed by atoms with Crippen LogP contribution in [0.1, 0.15) is 71.7 Å². The summed E-state index contributed by atoms with van der Waals surface area (Å²) in [5, 5.41) is 14.3. The number of rotatable bonds is 8. The highest BCUT2D eigenvalue weighted by Gasteiger charge is 2.54. The first-order valence-corrected chi connectivity index (χ1v) is 21.4. The molecule has 9 rings (SSSR count). The average Bonchev–Trinajstić information content (AvgIpc) is 4.00. The van der Waals surface area contributed by atoms with Crippen molar-refractivity contribution < 1.29 is 37.5 Å². The number of hydrogen-bond acceptors (Lipinski definition) is 11. The first-order valence-electron chi connectivity index (χ1n) is 21.4. The van der Waals surface area contributed by atoms with E-state index < -0.39 is 47.3 Å². The normalized spacial score (nSPS) is 22.8. The zero-order valence-corrected chi connectivity index (χ0v) is 34.8. The van der Waals surface area contributed by atoms with Crippen molar-refractivity contribution in [1.82, 2.24) is 20.0 Å². The minimum absolute atomic E-state index is 0.0645. The molecule has 6 aliphatic rings. The van der Waals surface area contributed by atoms with Gasteiger partial charge in [0.15, 0.2) is 0 Å². The van der Waals surface area contributed by atoms with E-state index in [1.54, 1.807) is 23.1 Å². The van der Waals surface area contributed by atoms with Gasteiger partial charge in [0, 0.05) is 101 Å². The van der Waals surface area contributed by atoms with Crippen molar-refractivity contribution in [3.05, 3.63) is 76.9 Å². The average molecular weight is 850 g/mol. The molecule has 6 amide bonds. The maximum absolute atomic E-state index is 15.7. The van der Waals surface area contributed by atoms with E-state index in [-0.39, 0.29) is 46.9 Å². The number of anilines is 4. The Morgan fingerprint density at radius 2 is 1.61 bits per heavy atom. The Hall–Kier alpha value is -6.28. The van der Waals surface area contributed by atoms with E-state index in [2.05, 4.69) is 31.4 Å². The number of hydrogen-bond donors (Lipinski definition) is 2. The van der Waals surface area contributed by atoms with Crippen LogP contribution in [-0.4, -0.2) is 128 Å². The molecule has 2 atom stereocenters. The molecule has 5 heterocycles. The molecule has 3 aromatic rings. The second kappa shape index (κ2) is 16.2. The third-order valence-corrected chi connectivity index (χ3v) is 13.6. The zero-order chi connectivity index (χ0) is 43.4. The zero-order valence-electron chi connectivity index (χ0n) is 34.8. The van der Waals surface area contributed by atoms with Gasteiger partial charge in [-0.05, 0) is 75.3 Å². The maximum Gasteiger partial charge on any atom is 0.322 e. The van der Waals surface area contributed by atoms with Crippen molar-refractivity contribution in [3.8, 4) is 11.8 Å². The van der Waals surface area contributed by atoms with Gasteiger partial charge in [0.1, 0.15) is 29.5 Å². The van der Waals surface area contributed by atoms with E-state index in [9.17, 15) is 29.2 Å². The van der Waals surface area contributed by atoms with Crippen LogP contribution in [0, 0.1) is 28.9 Å². The summed E-state index contributed by atoms with van der Waals surface area (Å²) in [5.74, 6) is -2.52. The van der Waals surface area contributed by atoms with Crippen LogP contribution in [-0.2, 0) is 9.59 Å². The van der Waals surface area contributed by atoms with Gasteiger partial charge in [-0.15, -0.1) is 0 Å². The van der Waals surface area contributed by atoms with Crippen molar-refractivity contribution in [3.63, 3.8) is 0 Å². The number of piperidine rings is 2. The van der Waals surface area contributed by atoms with E-state index in [4.69, 9.17) is 4.74 Å². The number of nitrogens with zero attached hydrogens (tertiary/aromatic N) is 7. The number of halogens is 2. The molecule has 15 nitrogen and oxygen atoms in total. The van der Waals surface area contributed by atoms with Gasteiger partial charge in [-0.3, -0.25) is 34.3 Å². The second-order valence-corrected chi connectivity index (χ2v) is 17.4. The van der Waals surface area contributed by atoms with Gasteiger partial charge in [0.05, 0.1) is 40.7 Å². The fourth-order valence-corrected chi connectivity index (χ4v) is 9.91. The monoisotopic (exact) mass is 849 g/mol. The fourth-order valence-electron chi connectivity index (χ4n) is 9.91. The van der Waals surface area contributed by atoms with Crippen LogP contribution in [0.4, 0.5) is 36.3 Å². The number of ether oxygens (including phenoxy) is 1. The molecular weight excluding hydrogens is 801 g/mol. The number of carbonyl (C=O) groups excluding carboxylic acids is 5. The number of fused-ring (bicyclic) bond motifs is 1. The highest BCUT2D eigenvalue weighted by molar-refractivity contribution is 6.23. The van der Waals surface area contributed by atoms with Crippen molar-refractivity contribution >= 4 is 52.4 Å². The Balaban J connectivity index is 0.755. The lowest BCUT2D eigenvalue weighted by atomic mass is 9.95. The minimum atomic E-state index is -1.01. The van der Waals surface area contributed by atoms with Crippen molar-refractivity contribution in [2.24, 2.45) is 5.92 Å². The summed E-state index contributed by atoms with van der Waals surface area (Å²) in [6.45, 7) is 7.91. The Morgan fingerprint density at radius 3 is 2.31 bits per heavy atom. The van der Waals surface area contributed by atoms with Gasteiger partial charge < -0.3 is 29.7 Å². The van der Waals surface area contributed by atoms with Gasteiger partial charge in [0.2, 0.25) is 11.8 Å². The van der Waals surface area contributed by atoms with E-state index in [0.717, 1.165) is 67.7 Å². The van der Waals surface area contributed by atoms with E-state index in [0.29, 0.717) is 56.5 Å². The van der Waals surface area contributed by atoms with E-state index in [1.807, 2.05) is 30.0 Å². The summed E-state index contributed by atoms with van der Waals surface area (Å²) in [6, 6.07) is 13.4. The lowest BCUT2D eigenvalue weighted by molar-refractivity contribution is -0.136. The molecule has 62 heavy (non-hydrogen) atoms. The van der Waals surface area contributed by atoms with Crippen molar-refractivity contribution in [2.75, 3.05) is 86.0 Å². The summed E-state index contributed by atoms with van der Waals surface area (Å²) in [5.41, 5.74) is 2.40. The third kappa shape index (κ3) is 7.54. The standard InChI is InChI=1S/C45H49F2N9O6/c1-27-24-55(31-4-3-29(23-48)39(20-31)62-2)45(11-12-45)26-54(27)44(61)49-36-21-35(47)38(22-34(36)46)53-13-9-28(10-14-53)25-51-15-17-52(18-16-51)30-5-6-32-33(19-30)43(60)56(42(32)59)37-7-8-40(57)50-41(37)58/h3-6,19-22,27-28,37H,7-18,24-26H2,1-2H3,(H,49,61)(H,50,57,58)/t27-,37?/m1/s1. The lowest BCUT2D eigenvalue weighted by Gasteiger charge is -2.47. The molecule has 17 heteroatoms. The van der Waals surface area contributed by atoms with Gasteiger partial charge in [-0.2, -0.15) is 5.26 Å². The smallest absolute Gasteiger partial charge is 0.322 e. The van der Waals surface area contributed by atoms with Crippen LogP contribution in [0.15, 0.2) is 48.5 Å². The van der Waals surface area contributed by atoms with E-state index >= 15 is 8.78 Å². The molecular formula is C45H49F2N9O6. The largest absolute Gasteiger partial charge is 0.495 e. The molecule has 3 aromatic carbocycles. The predicted octanol–water partition coefficient (Wildman–Crippen LogP) is 4.56. The highest BCUT2D eigenvalue weighted by atomic mass is 19.1. The summed E-state index contributed by atoms with van der Waals surface area (Å²) >= 11 is 0. The van der Waals surface area contributed by atoms with Crippen LogP contribution >= 0.6 is 0 Å². The molecule has 324 valence electrons. The maximum atomic E-state index is 15.7. The van der Waals surface area contributed by atoms with Crippen LogP contribution in [0.5, 0.6) is 5.75 Å². The number of amides is 6. The van der Waals surface area contributed by atoms with Gasteiger partial charge in [-0.25, -0.2) is 13.6 Å². The topological polar surface area (TPSA) is 162 Å². The molecule has 0 aromatic heterocycles. The van der Waals surface area contributed by atoms with E-state index in [1.165, 1.54) is 13.2 Å². The molecule has 5 fully saturated rings. The molecule has 1 saturated carbocycles. The Morgan fingerprint density at radius 1 is 0.887 bits per heavy atom. The van der Waals surface area contributed by atoms with Crippen LogP contribution in [0.2, 0.25) is 0 Å². The number of nitrogens with one attached hydrogen (secondary N) is 2. The number of urea groups is 1. The molecule has 1 spiro atoms. The predicted molar refractivity (Wildman–Crippen MR) is 225 cm³/mol. The van der Waals surface area contributed by atoms with Crippen molar-refractivity contribution in [2.45, 2.75) is 63.1 Å². The highest BCUT2D eigenvalue weighted by Crippen LogP contribution is 2.48. The van der Waals surface area contributed by atoms with Gasteiger partial charge in [0.25, 0.3) is 11.8 Å². The number of carbonyl (C=O) groups is 5. The molecule has 2 N–H and O–H groups in total. The van der Waals surface area contributed by atoms with Crippen LogP contribution < -0.4 is 30.1 Å². The van der Waals surface area contributed by atoms with Crippen LogP contribution in [0.3, 0.4) is 0 Å². The van der Waals surface area contributed by atoms with Gasteiger partial charge in [-0.1, -0.05) is 0 Å². The van der Waals surface area contributed by atoms with Gasteiger partial charge >= 0.3 is 6.03 Å². The minimum Gasteiger partial charge on any atom is -0.495 e. The Bertz CT molecular complexity index is 2390. The summed E-state index contributed by atoms with van der Waals surface area (Å²) in [7, 11) is 1.53. The number of nitriles is 1. The van der Waals surface area contributed by atoms with Crippen LogP contribution in [0.25, 0.3) is 0 Å². The third-order valence-electron chi connectivity index (χ3n) is 13.6. The summed E-state index contributed by atoms with van der Waals surface area (Å²) in [4.78, 5) is 75.5. The number of methoxy groups -OCH3 is 1. The first kappa shape index (κ1) is 41.1. The Labute approximate surface area is 358 Å². The summed E-state index contributed by atoms with van der Waals surface area (Å²) < 4.78 is 36.7. The SMILES string of the molecule is COc1cc(N2C[C@@H](C)N(C(=O)Nc3cc(F)c(N4CCC(CN5CCN(c6ccc7c(c6)C(=O)N(C6CCC(=O)NC6=O)C7=O)CC5)CC4)cc3F)CC23CC3)ccc1C#N. The number of benzene rings is 3. The molecule has 0 bridgehead atoms. The molecule has 4 saturated heterocycles. The molecule has 1 aliphatic carbocycles. The summed E-state index contributed by atoms with van der Waals surface area (Å²) in [6.07, 6.45) is 3.54. The van der Waals surface area contributed by atoms with Crippen molar-refractivity contribution in [1.29, 1.82) is 5.26 Å². The Kier molecular flexibility index (Phi) is 10.7. The second-order valence-electron chi connectivity index (χ2n) is 17.4. The molecule has 1 unspecified atom stereocenters. The number of imide groups is 2.